The number of benzene rings is 2. The van der Waals surface area contributed by atoms with E-state index in [9.17, 15) is 9.59 Å². The van der Waals surface area contributed by atoms with Crippen LogP contribution in [0.4, 0.5) is 0 Å². The normalized spacial score (nSPS) is 15.2. The van der Waals surface area contributed by atoms with Crippen molar-refractivity contribution in [3.63, 3.8) is 0 Å². The molecule has 1 aliphatic carbocycles. The molecule has 2 aromatic rings. The lowest BCUT2D eigenvalue weighted by atomic mass is 10.00. The molecule has 0 spiro atoms. The summed E-state index contributed by atoms with van der Waals surface area (Å²) in [5.41, 5.74) is 4.16. The number of nitrogens with zero attached hydrogens (tertiary/aromatic N) is 1. The summed E-state index contributed by atoms with van der Waals surface area (Å²) in [6.45, 7) is 3.55. The maximum absolute atomic E-state index is 12.7. The second-order valence-corrected chi connectivity index (χ2v) is 7.93. The SMILES string of the molecule is CC(=O)NC(C)Cc1ccc(-c2ccc(C(=O)N(C)C3CCCC3)cc2)cc1. The van der Waals surface area contributed by atoms with Crippen LogP contribution >= 0.6 is 0 Å². The standard InChI is InChI=1S/C24H30N2O2/c1-17(25-18(2)27)16-19-8-10-20(11-9-19)21-12-14-22(15-13-21)24(28)26(3)23-6-4-5-7-23/h8-15,17,23H,4-7,16H2,1-3H3,(H,25,27). The van der Waals surface area contributed by atoms with E-state index in [1.807, 2.05) is 43.1 Å². The second-order valence-electron chi connectivity index (χ2n) is 7.93. The number of hydrogen-bond acceptors (Lipinski definition) is 2. The second kappa shape index (κ2) is 9.05. The summed E-state index contributed by atoms with van der Waals surface area (Å²) >= 11 is 0. The molecule has 1 aliphatic rings. The zero-order valence-corrected chi connectivity index (χ0v) is 17.1. The van der Waals surface area contributed by atoms with Gasteiger partial charge in [-0.15, -0.1) is 0 Å². The van der Waals surface area contributed by atoms with E-state index in [0.29, 0.717) is 6.04 Å². The molecule has 3 rings (SSSR count). The van der Waals surface area contributed by atoms with Crippen LogP contribution in [0.15, 0.2) is 48.5 Å². The van der Waals surface area contributed by atoms with Gasteiger partial charge in [-0.25, -0.2) is 0 Å². The van der Waals surface area contributed by atoms with Crippen molar-refractivity contribution in [3.8, 4) is 11.1 Å². The Labute approximate surface area is 167 Å². The molecule has 0 aliphatic heterocycles. The van der Waals surface area contributed by atoms with E-state index >= 15 is 0 Å². The third-order valence-corrected chi connectivity index (χ3v) is 5.60. The highest BCUT2D eigenvalue weighted by Crippen LogP contribution is 2.25. The van der Waals surface area contributed by atoms with Gasteiger partial charge in [-0.3, -0.25) is 9.59 Å². The molecule has 148 valence electrons. The lowest BCUT2D eigenvalue weighted by Gasteiger charge is -2.24. The van der Waals surface area contributed by atoms with Crippen LogP contribution < -0.4 is 5.32 Å². The molecule has 1 N–H and O–H groups in total. The first-order valence-corrected chi connectivity index (χ1v) is 10.2. The molecule has 0 saturated heterocycles. The molecule has 4 heteroatoms. The molecule has 0 aromatic heterocycles. The van der Waals surface area contributed by atoms with Crippen LogP contribution in [-0.2, 0) is 11.2 Å². The molecule has 1 unspecified atom stereocenters. The Balaban J connectivity index is 1.64. The Kier molecular flexibility index (Phi) is 6.50. The van der Waals surface area contributed by atoms with Gasteiger partial charge in [0.2, 0.25) is 5.91 Å². The number of rotatable bonds is 6. The molecular formula is C24H30N2O2. The maximum atomic E-state index is 12.7. The van der Waals surface area contributed by atoms with Gasteiger partial charge in [0.05, 0.1) is 0 Å². The van der Waals surface area contributed by atoms with E-state index < -0.39 is 0 Å². The topological polar surface area (TPSA) is 49.4 Å². The lowest BCUT2D eigenvalue weighted by Crippen LogP contribution is -2.35. The molecule has 2 amide bonds. The van der Waals surface area contributed by atoms with Gasteiger partial charge < -0.3 is 10.2 Å². The van der Waals surface area contributed by atoms with Gasteiger partial charge in [0.1, 0.15) is 0 Å². The van der Waals surface area contributed by atoms with E-state index in [4.69, 9.17) is 0 Å². The molecular weight excluding hydrogens is 348 g/mol. The largest absolute Gasteiger partial charge is 0.354 e. The third kappa shape index (κ3) is 5.00. The Morgan fingerprint density at radius 1 is 1.00 bits per heavy atom. The van der Waals surface area contributed by atoms with Gasteiger partial charge in [0.25, 0.3) is 5.91 Å². The van der Waals surface area contributed by atoms with Crippen LogP contribution in [0.1, 0.15) is 55.5 Å². The summed E-state index contributed by atoms with van der Waals surface area (Å²) < 4.78 is 0. The van der Waals surface area contributed by atoms with Gasteiger partial charge in [0.15, 0.2) is 0 Å². The van der Waals surface area contributed by atoms with Crippen LogP contribution in [0, 0.1) is 0 Å². The summed E-state index contributed by atoms with van der Waals surface area (Å²) in [6.07, 6.45) is 5.49. The van der Waals surface area contributed by atoms with Crippen molar-refractivity contribution >= 4 is 11.8 Å². The predicted molar refractivity (Wildman–Crippen MR) is 113 cm³/mol. The fraction of sp³-hybridized carbons (Fsp3) is 0.417. The van der Waals surface area contributed by atoms with E-state index in [2.05, 4.69) is 29.6 Å². The minimum atomic E-state index is -0.00247. The van der Waals surface area contributed by atoms with Gasteiger partial charge in [0, 0.05) is 31.6 Å². The Morgan fingerprint density at radius 3 is 2.07 bits per heavy atom. The van der Waals surface area contributed by atoms with E-state index in [0.717, 1.165) is 36.0 Å². The van der Waals surface area contributed by atoms with Crippen LogP contribution in [0.5, 0.6) is 0 Å². The lowest BCUT2D eigenvalue weighted by molar-refractivity contribution is -0.119. The minimum absolute atomic E-state index is 0.00247. The summed E-state index contributed by atoms with van der Waals surface area (Å²) in [7, 11) is 1.92. The molecule has 0 heterocycles. The molecule has 4 nitrogen and oxygen atoms in total. The van der Waals surface area contributed by atoms with Gasteiger partial charge in [-0.05, 0) is 55.0 Å². The Hall–Kier alpha value is -2.62. The molecule has 1 fully saturated rings. The molecule has 0 bridgehead atoms. The molecule has 2 aromatic carbocycles. The summed E-state index contributed by atoms with van der Waals surface area (Å²) in [6, 6.07) is 16.8. The first-order chi connectivity index (χ1) is 13.4. The van der Waals surface area contributed by atoms with Crippen LogP contribution in [0.25, 0.3) is 11.1 Å². The van der Waals surface area contributed by atoms with E-state index in [-0.39, 0.29) is 17.9 Å². The first kappa shape index (κ1) is 20.1. The van der Waals surface area contributed by atoms with Crippen molar-refractivity contribution in [2.24, 2.45) is 0 Å². The van der Waals surface area contributed by atoms with Crippen molar-refractivity contribution in [2.75, 3.05) is 7.05 Å². The number of carbonyl (C=O) groups is 2. The van der Waals surface area contributed by atoms with Gasteiger partial charge in [-0.2, -0.15) is 0 Å². The highest BCUT2D eigenvalue weighted by Gasteiger charge is 2.24. The average molecular weight is 379 g/mol. The van der Waals surface area contributed by atoms with Crippen molar-refractivity contribution in [1.29, 1.82) is 0 Å². The first-order valence-electron chi connectivity index (χ1n) is 10.2. The van der Waals surface area contributed by atoms with Crippen LogP contribution in [0.3, 0.4) is 0 Å². The van der Waals surface area contributed by atoms with E-state index in [1.165, 1.54) is 18.4 Å². The molecule has 1 saturated carbocycles. The van der Waals surface area contributed by atoms with Crippen molar-refractivity contribution in [1.82, 2.24) is 10.2 Å². The Bertz CT molecular complexity index is 806. The minimum Gasteiger partial charge on any atom is -0.354 e. The third-order valence-electron chi connectivity index (χ3n) is 5.60. The van der Waals surface area contributed by atoms with Crippen LogP contribution in [0.2, 0.25) is 0 Å². The molecule has 28 heavy (non-hydrogen) atoms. The predicted octanol–water partition coefficient (Wildman–Crippen LogP) is 4.44. The number of nitrogens with one attached hydrogen (secondary N) is 1. The number of amides is 2. The monoisotopic (exact) mass is 378 g/mol. The molecule has 1 atom stereocenters. The zero-order valence-electron chi connectivity index (χ0n) is 17.1. The van der Waals surface area contributed by atoms with Crippen molar-refractivity contribution in [3.05, 3.63) is 59.7 Å². The van der Waals surface area contributed by atoms with Crippen molar-refractivity contribution < 1.29 is 9.59 Å². The fourth-order valence-electron chi connectivity index (χ4n) is 4.05. The highest BCUT2D eigenvalue weighted by molar-refractivity contribution is 5.94. The maximum Gasteiger partial charge on any atom is 0.253 e. The van der Waals surface area contributed by atoms with Crippen LogP contribution in [-0.4, -0.2) is 35.8 Å². The summed E-state index contributed by atoms with van der Waals surface area (Å²) in [5, 5.41) is 2.91. The van der Waals surface area contributed by atoms with E-state index in [1.54, 1.807) is 6.92 Å². The average Bonchev–Trinajstić information content (AvgIpc) is 3.22. The number of hydrogen-bond donors (Lipinski definition) is 1. The van der Waals surface area contributed by atoms with Crippen molar-refractivity contribution in [2.45, 2.75) is 58.0 Å². The fourth-order valence-corrected chi connectivity index (χ4v) is 4.05. The summed E-state index contributed by atoms with van der Waals surface area (Å²) in [4.78, 5) is 25.7. The smallest absolute Gasteiger partial charge is 0.253 e. The Morgan fingerprint density at radius 2 is 1.54 bits per heavy atom. The van der Waals surface area contributed by atoms with Gasteiger partial charge >= 0.3 is 0 Å². The molecule has 0 radical (unpaired) electrons. The highest BCUT2D eigenvalue weighted by atomic mass is 16.2. The van der Waals surface area contributed by atoms with Gasteiger partial charge in [-0.1, -0.05) is 49.2 Å². The summed E-state index contributed by atoms with van der Waals surface area (Å²) in [5.74, 6) is 0.109. The zero-order chi connectivity index (χ0) is 20.1. The number of carbonyl (C=O) groups excluding carboxylic acids is 2. The quantitative estimate of drug-likeness (QED) is 0.808.